The minimum absolute atomic E-state index is 0.0270. The molecule has 2 aromatic rings. The van der Waals surface area contributed by atoms with Crippen molar-refractivity contribution in [2.24, 2.45) is 5.92 Å². The molecule has 4 rings (SSSR count). The van der Waals surface area contributed by atoms with E-state index < -0.39 is 0 Å². The zero-order chi connectivity index (χ0) is 17.9. The lowest BCUT2D eigenvalue weighted by molar-refractivity contribution is -0.137. The third kappa shape index (κ3) is 3.71. The van der Waals surface area contributed by atoms with E-state index in [2.05, 4.69) is 5.32 Å². The van der Waals surface area contributed by atoms with E-state index in [1.165, 1.54) is 0 Å². The fraction of sp³-hybridized carbons (Fsp3) is 0.300. The summed E-state index contributed by atoms with van der Waals surface area (Å²) >= 11 is 1.60. The van der Waals surface area contributed by atoms with Crippen LogP contribution in [0.3, 0.4) is 0 Å². The van der Waals surface area contributed by atoms with E-state index in [9.17, 15) is 9.59 Å². The largest absolute Gasteiger partial charge is 0.370 e. The van der Waals surface area contributed by atoms with E-state index in [1.807, 2.05) is 53.9 Å². The van der Waals surface area contributed by atoms with E-state index in [0.29, 0.717) is 19.5 Å². The summed E-state index contributed by atoms with van der Waals surface area (Å²) in [5.41, 5.74) is 0.783. The number of hydrogen-bond acceptors (Lipinski definition) is 4. The number of nitrogens with zero attached hydrogens (tertiary/aromatic N) is 1. The molecule has 3 heterocycles. The van der Waals surface area contributed by atoms with Crippen molar-refractivity contribution >= 4 is 34.9 Å². The Bertz CT molecular complexity index is 804. The topological polar surface area (TPSA) is 58.6 Å². The van der Waals surface area contributed by atoms with Crippen LogP contribution >= 0.6 is 11.3 Å². The second-order valence-corrected chi connectivity index (χ2v) is 7.57. The van der Waals surface area contributed by atoms with Crippen LogP contribution in [0.4, 0.5) is 5.69 Å². The second-order valence-electron chi connectivity index (χ2n) is 6.59. The summed E-state index contributed by atoms with van der Waals surface area (Å²) in [4.78, 5) is 27.9. The fourth-order valence-corrected chi connectivity index (χ4v) is 4.13. The van der Waals surface area contributed by atoms with Crippen molar-refractivity contribution in [3.05, 3.63) is 58.8 Å². The van der Waals surface area contributed by atoms with Gasteiger partial charge in [-0.05, 0) is 36.1 Å². The number of para-hydroxylation sites is 1. The first-order valence-electron chi connectivity index (χ1n) is 8.71. The Balaban J connectivity index is 1.38. The van der Waals surface area contributed by atoms with Crippen LogP contribution in [0.1, 0.15) is 11.3 Å². The number of fused-ring (bicyclic) bond motifs is 2. The quantitative estimate of drug-likeness (QED) is 0.844. The zero-order valence-electron chi connectivity index (χ0n) is 14.2. The molecule has 3 unspecified atom stereocenters. The summed E-state index contributed by atoms with van der Waals surface area (Å²) in [6.07, 6.45) is 3.79. The minimum atomic E-state index is -0.239. The van der Waals surface area contributed by atoms with Gasteiger partial charge in [-0.1, -0.05) is 24.3 Å². The normalized spacial score (nSPS) is 24.8. The smallest absolute Gasteiger partial charge is 0.246 e. The highest BCUT2D eigenvalue weighted by molar-refractivity contribution is 7.10. The number of hydrogen-bond donors (Lipinski definition) is 1. The Morgan fingerprint density at radius 1 is 1.15 bits per heavy atom. The molecule has 2 aliphatic heterocycles. The molecule has 3 atom stereocenters. The van der Waals surface area contributed by atoms with Crippen LogP contribution in [0.2, 0.25) is 0 Å². The van der Waals surface area contributed by atoms with Crippen molar-refractivity contribution in [1.82, 2.24) is 4.90 Å². The maximum absolute atomic E-state index is 12.6. The second kappa shape index (κ2) is 7.43. The SMILES string of the molecule is O=C(Nc1ccccc1)C1CC2CN(C(=O)/C=C/c3cccs3)CC1O2. The molecule has 0 radical (unpaired) electrons. The maximum Gasteiger partial charge on any atom is 0.246 e. The molecular weight excluding hydrogens is 348 g/mol. The van der Waals surface area contributed by atoms with Crippen molar-refractivity contribution in [3.63, 3.8) is 0 Å². The first-order chi connectivity index (χ1) is 12.7. The number of rotatable bonds is 4. The number of nitrogens with one attached hydrogen (secondary N) is 1. The van der Waals surface area contributed by atoms with Gasteiger partial charge in [0.05, 0.1) is 18.1 Å². The van der Waals surface area contributed by atoms with Crippen LogP contribution < -0.4 is 5.32 Å². The van der Waals surface area contributed by atoms with Crippen molar-refractivity contribution < 1.29 is 14.3 Å². The van der Waals surface area contributed by atoms with Gasteiger partial charge in [0.2, 0.25) is 11.8 Å². The average molecular weight is 368 g/mol. The number of thiophene rings is 1. The van der Waals surface area contributed by atoms with Gasteiger partial charge in [-0.25, -0.2) is 0 Å². The molecule has 2 amide bonds. The molecule has 2 aliphatic rings. The van der Waals surface area contributed by atoms with Crippen LogP contribution in [-0.4, -0.2) is 42.0 Å². The Hall–Kier alpha value is -2.44. The minimum Gasteiger partial charge on any atom is -0.370 e. The van der Waals surface area contributed by atoms with Gasteiger partial charge in [0.25, 0.3) is 0 Å². The van der Waals surface area contributed by atoms with Gasteiger partial charge in [0.15, 0.2) is 0 Å². The predicted octanol–water partition coefficient (Wildman–Crippen LogP) is 3.02. The molecule has 1 aromatic carbocycles. The third-order valence-corrected chi connectivity index (χ3v) is 5.62. The number of likely N-dealkylation sites (tertiary alicyclic amines) is 1. The van der Waals surface area contributed by atoms with Gasteiger partial charge in [0, 0.05) is 29.7 Å². The maximum atomic E-state index is 12.6. The molecule has 1 aromatic heterocycles. The number of morpholine rings is 1. The van der Waals surface area contributed by atoms with Gasteiger partial charge in [-0.3, -0.25) is 9.59 Å². The third-order valence-electron chi connectivity index (χ3n) is 4.78. The number of carbonyl (C=O) groups is 2. The highest BCUT2D eigenvalue weighted by Crippen LogP contribution is 2.33. The highest BCUT2D eigenvalue weighted by Gasteiger charge is 2.45. The van der Waals surface area contributed by atoms with Crippen LogP contribution in [0.5, 0.6) is 0 Å². The molecule has 2 fully saturated rings. The van der Waals surface area contributed by atoms with Crippen LogP contribution in [0, 0.1) is 5.92 Å². The Labute approximate surface area is 156 Å². The zero-order valence-corrected chi connectivity index (χ0v) is 15.0. The van der Waals surface area contributed by atoms with Gasteiger partial charge in [-0.2, -0.15) is 0 Å². The van der Waals surface area contributed by atoms with E-state index in [0.717, 1.165) is 10.6 Å². The van der Waals surface area contributed by atoms with Crippen molar-refractivity contribution in [1.29, 1.82) is 0 Å². The van der Waals surface area contributed by atoms with E-state index in [1.54, 1.807) is 22.3 Å². The van der Waals surface area contributed by atoms with E-state index in [-0.39, 0.29) is 29.9 Å². The summed E-state index contributed by atoms with van der Waals surface area (Å²) in [5, 5.41) is 4.93. The molecule has 2 saturated heterocycles. The summed E-state index contributed by atoms with van der Waals surface area (Å²) in [6, 6.07) is 13.4. The van der Waals surface area contributed by atoms with Gasteiger partial charge < -0.3 is 15.0 Å². The molecule has 0 aliphatic carbocycles. The lowest BCUT2D eigenvalue weighted by Crippen LogP contribution is -2.46. The standard InChI is InChI=1S/C20H20N2O3S/c23-19(9-8-16-7-4-10-26-16)22-12-15-11-17(18(13-22)25-15)20(24)21-14-5-2-1-3-6-14/h1-10,15,17-18H,11-13H2,(H,21,24)/b9-8+. The van der Waals surface area contributed by atoms with E-state index in [4.69, 9.17) is 4.74 Å². The van der Waals surface area contributed by atoms with Crippen LogP contribution in [-0.2, 0) is 14.3 Å². The van der Waals surface area contributed by atoms with E-state index >= 15 is 0 Å². The van der Waals surface area contributed by atoms with Gasteiger partial charge in [0.1, 0.15) is 0 Å². The lowest BCUT2D eigenvalue weighted by atomic mass is 9.99. The Morgan fingerprint density at radius 3 is 2.77 bits per heavy atom. The Kier molecular flexibility index (Phi) is 4.86. The number of amides is 2. The average Bonchev–Trinajstić information content (AvgIpc) is 3.28. The molecule has 5 nitrogen and oxygen atoms in total. The van der Waals surface area contributed by atoms with Crippen molar-refractivity contribution in [3.8, 4) is 0 Å². The Morgan fingerprint density at radius 2 is 2.00 bits per heavy atom. The molecular formula is C20H20N2O3S. The monoisotopic (exact) mass is 368 g/mol. The number of anilines is 1. The number of ether oxygens (including phenoxy) is 1. The summed E-state index contributed by atoms with van der Waals surface area (Å²) < 4.78 is 5.92. The number of carbonyl (C=O) groups excluding carboxylic acids is 2. The van der Waals surface area contributed by atoms with Gasteiger partial charge in [-0.15, -0.1) is 11.3 Å². The summed E-state index contributed by atoms with van der Waals surface area (Å²) in [6.45, 7) is 0.996. The molecule has 26 heavy (non-hydrogen) atoms. The molecule has 134 valence electrons. The molecule has 0 spiro atoms. The van der Waals surface area contributed by atoms with Crippen molar-refractivity contribution in [2.75, 3.05) is 18.4 Å². The molecule has 1 N–H and O–H groups in total. The summed E-state index contributed by atoms with van der Waals surface area (Å²) in [7, 11) is 0. The summed E-state index contributed by atoms with van der Waals surface area (Å²) in [5.74, 6) is -0.285. The number of benzene rings is 1. The van der Waals surface area contributed by atoms with Crippen LogP contribution in [0.15, 0.2) is 53.9 Å². The molecule has 6 heteroatoms. The predicted molar refractivity (Wildman–Crippen MR) is 102 cm³/mol. The molecule has 0 saturated carbocycles. The van der Waals surface area contributed by atoms with Crippen molar-refractivity contribution in [2.45, 2.75) is 18.6 Å². The van der Waals surface area contributed by atoms with Gasteiger partial charge >= 0.3 is 0 Å². The lowest BCUT2D eigenvalue weighted by Gasteiger charge is -2.32. The first-order valence-corrected chi connectivity index (χ1v) is 9.59. The highest BCUT2D eigenvalue weighted by atomic mass is 32.1. The fourth-order valence-electron chi connectivity index (χ4n) is 3.52. The first kappa shape index (κ1) is 17.0. The molecule has 2 bridgehead atoms. The van der Waals surface area contributed by atoms with Crippen LogP contribution in [0.25, 0.3) is 6.08 Å².